The first kappa shape index (κ1) is 19.4. The van der Waals surface area contributed by atoms with Crippen molar-refractivity contribution in [3.63, 3.8) is 0 Å². The SMILES string of the molecule is CNc1nc(C2CCCN2)nc2c1CCN(Cc1cc3c(cc1OC)OCCO3)C2. The summed E-state index contributed by atoms with van der Waals surface area (Å²) in [7, 11) is 3.65. The first-order valence-electron chi connectivity index (χ1n) is 10.7. The number of nitrogens with one attached hydrogen (secondary N) is 2. The molecule has 1 atom stereocenters. The number of benzene rings is 1. The van der Waals surface area contributed by atoms with E-state index in [2.05, 4.69) is 21.6 Å². The third-order valence-corrected chi connectivity index (χ3v) is 6.11. The Morgan fingerprint density at radius 3 is 2.80 bits per heavy atom. The molecule has 4 heterocycles. The smallest absolute Gasteiger partial charge is 0.165 e. The topological polar surface area (TPSA) is 80.8 Å². The normalized spacial score (nSPS) is 20.7. The Morgan fingerprint density at radius 1 is 1.23 bits per heavy atom. The number of fused-ring (bicyclic) bond motifs is 2. The first-order valence-corrected chi connectivity index (χ1v) is 10.7. The molecule has 0 spiro atoms. The average Bonchev–Trinajstić information content (AvgIpc) is 3.32. The molecule has 8 heteroatoms. The van der Waals surface area contributed by atoms with Crippen molar-refractivity contribution in [3.8, 4) is 17.2 Å². The van der Waals surface area contributed by atoms with Gasteiger partial charge in [0.15, 0.2) is 11.5 Å². The Balaban J connectivity index is 1.40. The molecule has 0 saturated carbocycles. The van der Waals surface area contributed by atoms with Gasteiger partial charge in [0, 0.05) is 43.9 Å². The monoisotopic (exact) mass is 411 g/mol. The van der Waals surface area contributed by atoms with E-state index in [4.69, 9.17) is 24.2 Å². The van der Waals surface area contributed by atoms with Crippen LogP contribution in [0.2, 0.25) is 0 Å². The molecule has 2 aromatic rings. The highest BCUT2D eigenvalue weighted by atomic mass is 16.6. The molecule has 0 amide bonds. The van der Waals surface area contributed by atoms with Crippen LogP contribution in [0.15, 0.2) is 12.1 Å². The van der Waals surface area contributed by atoms with Crippen LogP contribution in [0.1, 0.15) is 41.5 Å². The number of ether oxygens (including phenoxy) is 3. The van der Waals surface area contributed by atoms with Crippen molar-refractivity contribution in [2.75, 3.05) is 45.8 Å². The van der Waals surface area contributed by atoms with Crippen molar-refractivity contribution in [2.24, 2.45) is 0 Å². The van der Waals surface area contributed by atoms with Crippen molar-refractivity contribution in [1.82, 2.24) is 20.2 Å². The van der Waals surface area contributed by atoms with Gasteiger partial charge in [-0.3, -0.25) is 4.90 Å². The lowest BCUT2D eigenvalue weighted by Crippen LogP contribution is -2.32. The van der Waals surface area contributed by atoms with Crippen LogP contribution in [0.25, 0.3) is 0 Å². The molecule has 0 aliphatic carbocycles. The summed E-state index contributed by atoms with van der Waals surface area (Å²) in [6.45, 7) is 4.71. The van der Waals surface area contributed by atoms with E-state index in [0.717, 1.165) is 79.2 Å². The Morgan fingerprint density at radius 2 is 2.07 bits per heavy atom. The van der Waals surface area contributed by atoms with Crippen LogP contribution in [-0.2, 0) is 19.5 Å². The van der Waals surface area contributed by atoms with Gasteiger partial charge in [0.25, 0.3) is 0 Å². The van der Waals surface area contributed by atoms with E-state index in [1.54, 1.807) is 7.11 Å². The molecule has 1 aromatic heterocycles. The molecule has 1 unspecified atom stereocenters. The zero-order valence-electron chi connectivity index (χ0n) is 17.7. The van der Waals surface area contributed by atoms with Gasteiger partial charge >= 0.3 is 0 Å². The maximum atomic E-state index is 5.78. The average molecular weight is 412 g/mol. The van der Waals surface area contributed by atoms with Gasteiger partial charge in [0.2, 0.25) is 0 Å². The van der Waals surface area contributed by atoms with E-state index >= 15 is 0 Å². The number of methoxy groups -OCH3 is 1. The standard InChI is InChI=1S/C22H29N5O3/c1-23-21-15-5-7-27(13-17(15)25-22(26-21)16-4-3-6-24-16)12-14-10-19-20(11-18(14)28-2)30-9-8-29-19/h10-11,16,24H,3-9,12-13H2,1-2H3,(H,23,25,26). The fourth-order valence-corrected chi connectivity index (χ4v) is 4.57. The largest absolute Gasteiger partial charge is 0.496 e. The first-order chi connectivity index (χ1) is 14.7. The minimum Gasteiger partial charge on any atom is -0.496 e. The second kappa shape index (κ2) is 8.28. The molecule has 2 N–H and O–H groups in total. The summed E-state index contributed by atoms with van der Waals surface area (Å²) in [6, 6.07) is 4.25. The molecule has 1 aromatic carbocycles. The predicted octanol–water partition coefficient (Wildman–Crippen LogP) is 2.28. The van der Waals surface area contributed by atoms with Crippen molar-refractivity contribution < 1.29 is 14.2 Å². The summed E-state index contributed by atoms with van der Waals surface area (Å²) in [5, 5.41) is 6.81. The highest BCUT2D eigenvalue weighted by Gasteiger charge is 2.27. The third-order valence-electron chi connectivity index (χ3n) is 6.11. The minimum absolute atomic E-state index is 0.260. The quantitative estimate of drug-likeness (QED) is 0.776. The van der Waals surface area contributed by atoms with E-state index in [1.165, 1.54) is 12.0 Å². The maximum absolute atomic E-state index is 5.78. The van der Waals surface area contributed by atoms with E-state index < -0.39 is 0 Å². The van der Waals surface area contributed by atoms with E-state index in [-0.39, 0.29) is 6.04 Å². The molecule has 0 bridgehead atoms. The van der Waals surface area contributed by atoms with Gasteiger partial charge in [-0.2, -0.15) is 0 Å². The number of anilines is 1. The summed E-state index contributed by atoms with van der Waals surface area (Å²) in [4.78, 5) is 12.2. The van der Waals surface area contributed by atoms with Crippen LogP contribution >= 0.6 is 0 Å². The Hall–Kier alpha value is -2.58. The highest BCUT2D eigenvalue weighted by molar-refractivity contribution is 5.52. The summed E-state index contributed by atoms with van der Waals surface area (Å²) < 4.78 is 17.1. The van der Waals surface area contributed by atoms with Gasteiger partial charge in [-0.1, -0.05) is 0 Å². The molecule has 1 fully saturated rings. The number of aromatic nitrogens is 2. The molecule has 0 radical (unpaired) electrons. The highest BCUT2D eigenvalue weighted by Crippen LogP contribution is 2.38. The lowest BCUT2D eigenvalue weighted by atomic mass is 10.0. The molecule has 8 nitrogen and oxygen atoms in total. The number of nitrogens with zero attached hydrogens (tertiary/aromatic N) is 3. The minimum atomic E-state index is 0.260. The molecule has 30 heavy (non-hydrogen) atoms. The van der Waals surface area contributed by atoms with Gasteiger partial charge in [-0.15, -0.1) is 0 Å². The van der Waals surface area contributed by atoms with Gasteiger partial charge < -0.3 is 24.8 Å². The number of rotatable bonds is 5. The number of hydrogen-bond acceptors (Lipinski definition) is 8. The van der Waals surface area contributed by atoms with E-state index in [0.29, 0.717) is 13.2 Å². The van der Waals surface area contributed by atoms with E-state index in [1.807, 2.05) is 13.1 Å². The summed E-state index contributed by atoms with van der Waals surface area (Å²) in [6.07, 6.45) is 3.20. The zero-order valence-corrected chi connectivity index (χ0v) is 17.7. The molecule has 5 rings (SSSR count). The second-order valence-corrected chi connectivity index (χ2v) is 8.02. The third kappa shape index (κ3) is 3.65. The van der Waals surface area contributed by atoms with Gasteiger partial charge in [0.05, 0.1) is 18.8 Å². The maximum Gasteiger partial charge on any atom is 0.165 e. The molecular formula is C22H29N5O3. The molecule has 3 aliphatic heterocycles. The zero-order chi connectivity index (χ0) is 20.5. The van der Waals surface area contributed by atoms with Crippen molar-refractivity contribution in [2.45, 2.75) is 38.4 Å². The van der Waals surface area contributed by atoms with Crippen LogP contribution in [0.3, 0.4) is 0 Å². The molecule has 160 valence electrons. The Kier molecular flexibility index (Phi) is 5.35. The van der Waals surface area contributed by atoms with Crippen LogP contribution in [0.5, 0.6) is 17.2 Å². The van der Waals surface area contributed by atoms with Gasteiger partial charge in [-0.25, -0.2) is 9.97 Å². The van der Waals surface area contributed by atoms with Crippen LogP contribution in [0.4, 0.5) is 5.82 Å². The molecule has 3 aliphatic rings. The Bertz CT molecular complexity index is 929. The molecular weight excluding hydrogens is 382 g/mol. The van der Waals surface area contributed by atoms with Crippen molar-refractivity contribution in [3.05, 3.63) is 34.8 Å². The van der Waals surface area contributed by atoms with Crippen LogP contribution in [0, 0.1) is 0 Å². The lowest BCUT2D eigenvalue weighted by Gasteiger charge is -2.30. The summed E-state index contributed by atoms with van der Waals surface area (Å²) >= 11 is 0. The van der Waals surface area contributed by atoms with Crippen LogP contribution < -0.4 is 24.8 Å². The fourth-order valence-electron chi connectivity index (χ4n) is 4.57. The second-order valence-electron chi connectivity index (χ2n) is 8.02. The predicted molar refractivity (Wildman–Crippen MR) is 113 cm³/mol. The summed E-state index contributed by atoms with van der Waals surface area (Å²) in [5.41, 5.74) is 3.47. The summed E-state index contributed by atoms with van der Waals surface area (Å²) in [5.74, 6) is 4.27. The van der Waals surface area contributed by atoms with Crippen molar-refractivity contribution in [1.29, 1.82) is 0 Å². The van der Waals surface area contributed by atoms with Crippen molar-refractivity contribution >= 4 is 5.82 Å². The Labute approximate surface area is 176 Å². The van der Waals surface area contributed by atoms with Crippen LogP contribution in [-0.4, -0.2) is 55.3 Å². The van der Waals surface area contributed by atoms with Gasteiger partial charge in [-0.05, 0) is 31.9 Å². The molecule has 1 saturated heterocycles. The lowest BCUT2D eigenvalue weighted by molar-refractivity contribution is 0.169. The fraction of sp³-hybridized carbons (Fsp3) is 0.545. The number of hydrogen-bond donors (Lipinski definition) is 2. The van der Waals surface area contributed by atoms with Gasteiger partial charge in [0.1, 0.15) is 30.6 Å². The van der Waals surface area contributed by atoms with E-state index in [9.17, 15) is 0 Å².